The van der Waals surface area contributed by atoms with E-state index >= 15 is 0 Å². The van der Waals surface area contributed by atoms with Crippen molar-refractivity contribution in [1.29, 1.82) is 0 Å². The maximum absolute atomic E-state index is 5.68. The van der Waals surface area contributed by atoms with E-state index in [9.17, 15) is 0 Å². The summed E-state index contributed by atoms with van der Waals surface area (Å²) in [6.07, 6.45) is 3.97. The Morgan fingerprint density at radius 2 is 2.43 bits per heavy atom. The normalized spacial score (nSPS) is 12.4. The van der Waals surface area contributed by atoms with E-state index in [1.54, 1.807) is 13.3 Å². The van der Waals surface area contributed by atoms with Gasteiger partial charge in [0.1, 0.15) is 6.33 Å². The van der Waals surface area contributed by atoms with Crippen molar-refractivity contribution in [3.8, 4) is 0 Å². The van der Waals surface area contributed by atoms with Gasteiger partial charge in [-0.05, 0) is 13.3 Å². The minimum Gasteiger partial charge on any atom is -0.394 e. The Balaban J connectivity index is 2.47. The van der Waals surface area contributed by atoms with Crippen LogP contribution in [0, 0.1) is 0 Å². The summed E-state index contributed by atoms with van der Waals surface area (Å²) >= 11 is 0. The van der Waals surface area contributed by atoms with Crippen molar-refractivity contribution in [3.05, 3.63) is 12.5 Å². The molecule has 0 saturated heterocycles. The molecule has 0 fully saturated rings. The van der Waals surface area contributed by atoms with E-state index in [0.717, 1.165) is 13.0 Å². The van der Waals surface area contributed by atoms with E-state index in [0.29, 0.717) is 11.5 Å². The summed E-state index contributed by atoms with van der Waals surface area (Å²) in [6.45, 7) is 2.78. The van der Waals surface area contributed by atoms with Crippen molar-refractivity contribution >= 4 is 11.5 Å². The molecule has 1 aromatic rings. The molecule has 78 valence electrons. The van der Waals surface area contributed by atoms with Gasteiger partial charge in [-0.1, -0.05) is 0 Å². The van der Waals surface area contributed by atoms with Gasteiger partial charge >= 0.3 is 0 Å². The number of methoxy groups -OCH3 is 1. The van der Waals surface area contributed by atoms with Crippen molar-refractivity contribution in [1.82, 2.24) is 9.97 Å². The third-order valence-corrected chi connectivity index (χ3v) is 1.88. The number of nitrogen functional groups attached to an aromatic ring is 1. The minimum atomic E-state index is 0.284. The largest absolute Gasteiger partial charge is 0.394 e. The number of hydrogen-bond donors (Lipinski definition) is 2. The zero-order valence-electron chi connectivity index (χ0n) is 8.53. The molecule has 1 rings (SSSR count). The number of rotatable bonds is 5. The van der Waals surface area contributed by atoms with E-state index in [2.05, 4.69) is 22.2 Å². The molecule has 5 heteroatoms. The van der Waals surface area contributed by atoms with Crippen LogP contribution in [0.5, 0.6) is 0 Å². The fourth-order valence-electron chi connectivity index (χ4n) is 1.06. The first kappa shape index (κ1) is 10.7. The first-order chi connectivity index (χ1) is 6.74. The highest BCUT2D eigenvalue weighted by atomic mass is 16.5. The van der Waals surface area contributed by atoms with Gasteiger partial charge in [0.25, 0.3) is 0 Å². The predicted molar refractivity (Wildman–Crippen MR) is 56.0 cm³/mol. The summed E-state index contributed by atoms with van der Waals surface area (Å²) in [6, 6.07) is 0.284. The average Bonchev–Trinajstić information content (AvgIpc) is 2.18. The summed E-state index contributed by atoms with van der Waals surface area (Å²) < 4.78 is 4.98. The lowest BCUT2D eigenvalue weighted by atomic mass is 10.2. The highest BCUT2D eigenvalue weighted by Gasteiger charge is 2.04. The monoisotopic (exact) mass is 196 g/mol. The molecule has 0 spiro atoms. The first-order valence-electron chi connectivity index (χ1n) is 4.55. The van der Waals surface area contributed by atoms with Gasteiger partial charge in [-0.15, -0.1) is 0 Å². The molecule has 0 radical (unpaired) electrons. The number of nitrogens with two attached hydrogens (primary N) is 1. The van der Waals surface area contributed by atoms with Crippen LogP contribution in [0.4, 0.5) is 11.5 Å². The molecule has 0 saturated carbocycles. The lowest BCUT2D eigenvalue weighted by Crippen LogP contribution is -2.18. The lowest BCUT2D eigenvalue weighted by Gasteiger charge is -2.14. The van der Waals surface area contributed by atoms with Gasteiger partial charge in [-0.2, -0.15) is 0 Å². The second-order valence-electron chi connectivity index (χ2n) is 3.15. The topological polar surface area (TPSA) is 73.1 Å². The van der Waals surface area contributed by atoms with Crippen molar-refractivity contribution in [2.24, 2.45) is 0 Å². The van der Waals surface area contributed by atoms with E-state index in [-0.39, 0.29) is 6.04 Å². The Labute approximate surface area is 83.7 Å². The van der Waals surface area contributed by atoms with E-state index in [1.165, 1.54) is 6.33 Å². The molecule has 0 aliphatic heterocycles. The van der Waals surface area contributed by atoms with Crippen molar-refractivity contribution in [3.63, 3.8) is 0 Å². The van der Waals surface area contributed by atoms with Crippen LogP contribution in [-0.4, -0.2) is 29.7 Å². The Morgan fingerprint density at radius 3 is 3.07 bits per heavy atom. The Morgan fingerprint density at radius 1 is 1.64 bits per heavy atom. The molecule has 0 amide bonds. The predicted octanol–water partition coefficient (Wildman–Crippen LogP) is 0.896. The quantitative estimate of drug-likeness (QED) is 0.731. The average molecular weight is 196 g/mol. The van der Waals surface area contributed by atoms with Crippen LogP contribution in [-0.2, 0) is 4.74 Å². The van der Waals surface area contributed by atoms with Gasteiger partial charge in [-0.25, -0.2) is 9.97 Å². The molecule has 5 nitrogen and oxygen atoms in total. The summed E-state index contributed by atoms with van der Waals surface area (Å²) in [5.41, 5.74) is 6.25. The van der Waals surface area contributed by atoms with Crippen LogP contribution in [0.3, 0.4) is 0 Å². The molecule has 1 unspecified atom stereocenters. The molecular formula is C9H16N4O. The number of ether oxygens (including phenoxy) is 1. The second-order valence-corrected chi connectivity index (χ2v) is 3.15. The van der Waals surface area contributed by atoms with E-state index in [4.69, 9.17) is 10.5 Å². The highest BCUT2D eigenvalue weighted by molar-refractivity contribution is 5.59. The van der Waals surface area contributed by atoms with E-state index in [1.807, 2.05) is 0 Å². The molecule has 0 aliphatic rings. The second kappa shape index (κ2) is 5.39. The SMILES string of the molecule is COCCC(C)Nc1ncncc1N. The smallest absolute Gasteiger partial charge is 0.152 e. The van der Waals surface area contributed by atoms with Crippen LogP contribution in [0.25, 0.3) is 0 Å². The van der Waals surface area contributed by atoms with Gasteiger partial charge in [0, 0.05) is 19.8 Å². The standard InChI is InChI=1S/C9H16N4O/c1-7(3-4-14-2)13-9-8(10)5-11-6-12-9/h5-7H,3-4,10H2,1-2H3,(H,11,12,13). The molecule has 1 atom stereocenters. The Bertz CT molecular complexity index is 279. The van der Waals surface area contributed by atoms with Crippen molar-refractivity contribution < 1.29 is 4.74 Å². The third-order valence-electron chi connectivity index (χ3n) is 1.88. The molecule has 14 heavy (non-hydrogen) atoms. The molecule has 3 N–H and O–H groups in total. The summed E-state index contributed by atoms with van der Waals surface area (Å²) in [7, 11) is 1.69. The number of hydrogen-bond acceptors (Lipinski definition) is 5. The highest BCUT2D eigenvalue weighted by Crippen LogP contribution is 2.13. The summed E-state index contributed by atoms with van der Waals surface area (Å²) in [5, 5.41) is 3.19. The van der Waals surface area contributed by atoms with Crippen LogP contribution in [0.2, 0.25) is 0 Å². The number of anilines is 2. The third kappa shape index (κ3) is 3.18. The minimum absolute atomic E-state index is 0.284. The molecule has 0 aliphatic carbocycles. The van der Waals surface area contributed by atoms with Crippen LogP contribution >= 0.6 is 0 Å². The number of nitrogens with zero attached hydrogens (tertiary/aromatic N) is 2. The van der Waals surface area contributed by atoms with Crippen molar-refractivity contribution in [2.75, 3.05) is 24.8 Å². The molecule has 1 aromatic heterocycles. The van der Waals surface area contributed by atoms with Crippen LogP contribution in [0.1, 0.15) is 13.3 Å². The Kier molecular flexibility index (Phi) is 4.12. The zero-order valence-corrected chi connectivity index (χ0v) is 8.53. The van der Waals surface area contributed by atoms with Crippen LogP contribution in [0.15, 0.2) is 12.5 Å². The van der Waals surface area contributed by atoms with Gasteiger partial charge in [0.2, 0.25) is 0 Å². The first-order valence-corrected chi connectivity index (χ1v) is 4.55. The number of nitrogens with one attached hydrogen (secondary N) is 1. The van der Waals surface area contributed by atoms with E-state index < -0.39 is 0 Å². The molecule has 0 bridgehead atoms. The molecular weight excluding hydrogens is 180 g/mol. The maximum atomic E-state index is 5.68. The van der Waals surface area contributed by atoms with Gasteiger partial charge in [-0.3, -0.25) is 0 Å². The zero-order chi connectivity index (χ0) is 10.4. The lowest BCUT2D eigenvalue weighted by molar-refractivity contribution is 0.191. The maximum Gasteiger partial charge on any atom is 0.152 e. The molecule has 1 heterocycles. The fourth-order valence-corrected chi connectivity index (χ4v) is 1.06. The van der Waals surface area contributed by atoms with Gasteiger partial charge in [0.05, 0.1) is 11.9 Å². The summed E-state index contributed by atoms with van der Waals surface area (Å²) in [5.74, 6) is 0.684. The Hall–Kier alpha value is -1.36. The fraction of sp³-hybridized carbons (Fsp3) is 0.556. The molecule has 0 aromatic carbocycles. The summed E-state index contributed by atoms with van der Waals surface area (Å²) in [4.78, 5) is 7.85. The van der Waals surface area contributed by atoms with Gasteiger partial charge < -0.3 is 15.8 Å². The number of aromatic nitrogens is 2. The van der Waals surface area contributed by atoms with Gasteiger partial charge in [0.15, 0.2) is 5.82 Å². The van der Waals surface area contributed by atoms with Crippen LogP contribution < -0.4 is 11.1 Å². The van der Waals surface area contributed by atoms with Crippen molar-refractivity contribution in [2.45, 2.75) is 19.4 Å².